The summed E-state index contributed by atoms with van der Waals surface area (Å²) in [6.07, 6.45) is 3.31. The highest BCUT2D eigenvalue weighted by atomic mass is 32.2. The molecule has 0 saturated heterocycles. The number of nitrogens with zero attached hydrogens (tertiary/aromatic N) is 2. The average molecular weight is 422 g/mol. The van der Waals surface area contributed by atoms with Crippen molar-refractivity contribution in [1.82, 2.24) is 14.3 Å². The molecule has 0 aliphatic heterocycles. The largest absolute Gasteiger partial charge is 0.497 e. The molecule has 3 aromatic rings. The Morgan fingerprint density at radius 2 is 2.07 bits per heavy atom. The summed E-state index contributed by atoms with van der Waals surface area (Å²) in [6.45, 7) is 0. The third kappa shape index (κ3) is 3.93. The second kappa shape index (κ2) is 8.13. The molecule has 1 unspecified atom stereocenters. The Bertz CT molecular complexity index is 1090. The van der Waals surface area contributed by atoms with Gasteiger partial charge in [0.25, 0.3) is 0 Å². The van der Waals surface area contributed by atoms with Gasteiger partial charge in [0.1, 0.15) is 27.4 Å². The van der Waals surface area contributed by atoms with E-state index in [1.807, 2.05) is 0 Å². The minimum absolute atomic E-state index is 0.0132. The fraction of sp³-hybridized carbons (Fsp3) is 0.222. The highest BCUT2D eigenvalue weighted by Gasteiger charge is 2.30. The van der Waals surface area contributed by atoms with Gasteiger partial charge in [0, 0.05) is 19.4 Å². The van der Waals surface area contributed by atoms with Gasteiger partial charge in [0.2, 0.25) is 10.0 Å². The highest BCUT2D eigenvalue weighted by molar-refractivity contribution is 7.89. The number of thiophene rings is 1. The molecular formula is C18H19N3O5S2. The van der Waals surface area contributed by atoms with E-state index >= 15 is 0 Å². The molecule has 28 heavy (non-hydrogen) atoms. The molecule has 0 aliphatic rings. The lowest BCUT2D eigenvalue weighted by atomic mass is 10.1. The number of aromatic nitrogens is 2. The van der Waals surface area contributed by atoms with E-state index in [2.05, 4.69) is 14.4 Å². The summed E-state index contributed by atoms with van der Waals surface area (Å²) in [5.74, 6) is 0.374. The van der Waals surface area contributed by atoms with E-state index in [9.17, 15) is 13.2 Å². The van der Waals surface area contributed by atoms with E-state index in [0.29, 0.717) is 17.1 Å². The Morgan fingerprint density at radius 1 is 1.29 bits per heavy atom. The molecule has 0 saturated carbocycles. The number of benzene rings is 1. The summed E-state index contributed by atoms with van der Waals surface area (Å²) in [4.78, 5) is 16.1. The number of aryl methyl sites for hydroxylation is 1. The molecule has 2 heterocycles. The first-order valence-corrected chi connectivity index (χ1v) is 10.5. The zero-order chi connectivity index (χ0) is 20.3. The van der Waals surface area contributed by atoms with Crippen LogP contribution in [0.1, 0.15) is 27.1 Å². The van der Waals surface area contributed by atoms with Crippen molar-refractivity contribution in [2.75, 3.05) is 14.2 Å². The second-order valence-corrected chi connectivity index (χ2v) is 8.43. The van der Waals surface area contributed by atoms with Crippen molar-refractivity contribution >= 4 is 27.3 Å². The molecule has 1 aromatic carbocycles. The van der Waals surface area contributed by atoms with Crippen molar-refractivity contribution < 1.29 is 22.7 Å². The molecule has 3 rings (SSSR count). The van der Waals surface area contributed by atoms with Crippen LogP contribution in [-0.2, 0) is 21.8 Å². The molecule has 0 bridgehead atoms. The monoisotopic (exact) mass is 421 g/mol. The van der Waals surface area contributed by atoms with Crippen LogP contribution in [0.2, 0.25) is 0 Å². The van der Waals surface area contributed by atoms with Crippen LogP contribution in [0.4, 0.5) is 0 Å². The quantitative estimate of drug-likeness (QED) is 0.588. The summed E-state index contributed by atoms with van der Waals surface area (Å²) in [5, 5.41) is 1.53. The molecule has 0 aliphatic carbocycles. The molecular weight excluding hydrogens is 402 g/mol. The molecule has 1 N–H and O–H groups in total. The number of rotatable bonds is 7. The number of methoxy groups -OCH3 is 2. The molecule has 10 heteroatoms. The SMILES string of the molecule is COC(=O)c1sccc1S(=O)(=O)NC(c1cccc(OC)c1)c1nccn1C. The van der Waals surface area contributed by atoms with Gasteiger partial charge in [-0.05, 0) is 29.1 Å². The van der Waals surface area contributed by atoms with Crippen molar-refractivity contribution in [3.05, 3.63) is 64.4 Å². The van der Waals surface area contributed by atoms with Gasteiger partial charge in [-0.2, -0.15) is 4.72 Å². The van der Waals surface area contributed by atoms with Crippen LogP contribution in [0.25, 0.3) is 0 Å². The predicted molar refractivity (Wildman–Crippen MR) is 104 cm³/mol. The molecule has 0 spiro atoms. The molecule has 0 fully saturated rings. The molecule has 8 nitrogen and oxygen atoms in total. The third-order valence-electron chi connectivity index (χ3n) is 4.11. The van der Waals surface area contributed by atoms with Crippen molar-refractivity contribution in [2.45, 2.75) is 10.9 Å². The van der Waals surface area contributed by atoms with Crippen LogP contribution in [0.3, 0.4) is 0 Å². The van der Waals surface area contributed by atoms with E-state index < -0.39 is 22.0 Å². The zero-order valence-electron chi connectivity index (χ0n) is 15.4. The van der Waals surface area contributed by atoms with Crippen molar-refractivity contribution in [1.29, 1.82) is 0 Å². The van der Waals surface area contributed by atoms with Gasteiger partial charge in [-0.15, -0.1) is 11.3 Å². The number of carbonyl (C=O) groups excluding carboxylic acids is 1. The fourth-order valence-electron chi connectivity index (χ4n) is 2.72. The first kappa shape index (κ1) is 20.1. The van der Waals surface area contributed by atoms with Crippen LogP contribution < -0.4 is 9.46 Å². The molecule has 148 valence electrons. The number of imidazole rings is 1. The summed E-state index contributed by atoms with van der Waals surface area (Å²) in [6, 6.07) is 7.63. The number of hydrogen-bond donors (Lipinski definition) is 1. The Balaban J connectivity index is 2.06. The van der Waals surface area contributed by atoms with Crippen LogP contribution in [0.5, 0.6) is 5.75 Å². The Kier molecular flexibility index (Phi) is 5.82. The van der Waals surface area contributed by atoms with Crippen molar-refractivity contribution in [3.63, 3.8) is 0 Å². The number of nitrogens with one attached hydrogen (secondary N) is 1. The van der Waals surface area contributed by atoms with Gasteiger partial charge < -0.3 is 14.0 Å². The maximum Gasteiger partial charge on any atom is 0.349 e. The van der Waals surface area contributed by atoms with Gasteiger partial charge in [-0.25, -0.2) is 18.2 Å². The molecule has 0 radical (unpaired) electrons. The Morgan fingerprint density at radius 3 is 2.71 bits per heavy atom. The van der Waals surface area contributed by atoms with Gasteiger partial charge in [0.15, 0.2) is 0 Å². The van der Waals surface area contributed by atoms with Crippen LogP contribution in [0, 0.1) is 0 Å². The van der Waals surface area contributed by atoms with Gasteiger partial charge in [-0.1, -0.05) is 12.1 Å². The summed E-state index contributed by atoms with van der Waals surface area (Å²) in [5.41, 5.74) is 0.645. The van der Waals surface area contributed by atoms with Gasteiger partial charge in [0.05, 0.1) is 14.2 Å². The van der Waals surface area contributed by atoms with Gasteiger partial charge in [-0.3, -0.25) is 0 Å². The third-order valence-corrected chi connectivity index (χ3v) is 6.60. The zero-order valence-corrected chi connectivity index (χ0v) is 17.1. The summed E-state index contributed by atoms with van der Waals surface area (Å²) >= 11 is 1.00. The second-order valence-electron chi connectivity index (χ2n) is 5.83. The first-order chi connectivity index (χ1) is 13.4. The van der Waals surface area contributed by atoms with Crippen LogP contribution >= 0.6 is 11.3 Å². The number of sulfonamides is 1. The molecule has 0 amide bonds. The molecule has 2 aromatic heterocycles. The van der Waals surface area contributed by atoms with E-state index in [-0.39, 0.29) is 9.77 Å². The van der Waals surface area contributed by atoms with E-state index in [1.165, 1.54) is 25.7 Å². The first-order valence-electron chi connectivity index (χ1n) is 8.16. The minimum atomic E-state index is -4.05. The number of hydrogen-bond acceptors (Lipinski definition) is 7. The number of ether oxygens (including phenoxy) is 2. The maximum absolute atomic E-state index is 13.1. The van der Waals surface area contributed by atoms with Gasteiger partial charge >= 0.3 is 5.97 Å². The highest BCUT2D eigenvalue weighted by Crippen LogP contribution is 2.28. The summed E-state index contributed by atoms with van der Waals surface area (Å²) in [7, 11) is 0.467. The van der Waals surface area contributed by atoms with E-state index in [1.54, 1.807) is 48.3 Å². The Hall–Kier alpha value is -2.69. The topological polar surface area (TPSA) is 99.5 Å². The maximum atomic E-state index is 13.1. The standard InChI is InChI=1S/C18H19N3O5S2/c1-21-9-8-19-17(21)15(12-5-4-6-13(11-12)25-2)20-28(23,24)14-7-10-27-16(14)18(22)26-3/h4-11,15,20H,1-3H3. The average Bonchev–Trinajstić information content (AvgIpc) is 3.35. The van der Waals surface area contributed by atoms with Crippen molar-refractivity contribution in [3.8, 4) is 5.75 Å². The minimum Gasteiger partial charge on any atom is -0.497 e. The lowest BCUT2D eigenvalue weighted by molar-refractivity contribution is 0.0602. The Labute approximate surface area is 166 Å². The van der Waals surface area contributed by atoms with E-state index in [4.69, 9.17) is 4.74 Å². The molecule has 1 atom stereocenters. The van der Waals surface area contributed by atoms with Crippen LogP contribution in [-0.4, -0.2) is 38.2 Å². The van der Waals surface area contributed by atoms with Crippen LogP contribution in [0.15, 0.2) is 53.0 Å². The fourth-order valence-corrected chi connectivity index (χ4v) is 5.23. The lowest BCUT2D eigenvalue weighted by Crippen LogP contribution is -2.31. The number of esters is 1. The normalized spacial score (nSPS) is 12.5. The number of carbonyl (C=O) groups is 1. The summed E-state index contributed by atoms with van der Waals surface area (Å²) < 4.78 is 40.5. The van der Waals surface area contributed by atoms with Crippen molar-refractivity contribution in [2.24, 2.45) is 7.05 Å². The predicted octanol–water partition coefficient (Wildman–Crippen LogP) is 2.34. The van der Waals surface area contributed by atoms with E-state index in [0.717, 1.165) is 11.3 Å². The smallest absolute Gasteiger partial charge is 0.349 e. The lowest BCUT2D eigenvalue weighted by Gasteiger charge is -2.19.